The van der Waals surface area contributed by atoms with Gasteiger partial charge in [-0.1, -0.05) is 12.1 Å². The Morgan fingerprint density at radius 3 is 2.27 bits per heavy atom. The summed E-state index contributed by atoms with van der Waals surface area (Å²) in [5.41, 5.74) is 0.521. The molecule has 2 N–H and O–H groups in total. The predicted molar refractivity (Wildman–Crippen MR) is 93.1 cm³/mol. The van der Waals surface area contributed by atoms with Gasteiger partial charge >= 0.3 is 5.97 Å². The van der Waals surface area contributed by atoms with Crippen molar-refractivity contribution in [2.75, 3.05) is 18.4 Å². The summed E-state index contributed by atoms with van der Waals surface area (Å²) in [7, 11) is 0. The van der Waals surface area contributed by atoms with Crippen LogP contribution < -0.4 is 5.32 Å². The number of carboxylic acid groups (broad SMARTS) is 1. The first-order valence-corrected chi connectivity index (χ1v) is 8.31. The Hall–Kier alpha value is -3.29. The highest BCUT2D eigenvalue weighted by atomic mass is 16.4. The van der Waals surface area contributed by atoms with Gasteiger partial charge in [-0.2, -0.15) is 0 Å². The van der Waals surface area contributed by atoms with Crippen molar-refractivity contribution in [3.05, 3.63) is 53.6 Å². The molecule has 8 nitrogen and oxygen atoms in total. The molecule has 1 aliphatic heterocycles. The van der Waals surface area contributed by atoms with Gasteiger partial charge in [0.15, 0.2) is 5.69 Å². The van der Waals surface area contributed by atoms with Gasteiger partial charge in [-0.15, -0.1) is 0 Å². The molecule has 1 aromatic carbocycles. The largest absolute Gasteiger partial charge is 0.476 e. The molecule has 3 rings (SSSR count). The molecule has 26 heavy (non-hydrogen) atoms. The lowest BCUT2D eigenvalue weighted by Gasteiger charge is -2.27. The molecule has 0 atom stereocenters. The average molecular weight is 354 g/mol. The number of hydrogen-bond donors (Lipinski definition) is 2. The van der Waals surface area contributed by atoms with Crippen molar-refractivity contribution in [2.24, 2.45) is 0 Å². The molecule has 1 aliphatic rings. The first-order chi connectivity index (χ1) is 12.6. The molecule has 2 aromatic rings. The van der Waals surface area contributed by atoms with Crippen molar-refractivity contribution in [3.63, 3.8) is 0 Å². The van der Waals surface area contributed by atoms with Crippen LogP contribution in [0.3, 0.4) is 0 Å². The van der Waals surface area contributed by atoms with E-state index in [9.17, 15) is 14.4 Å². The second-order valence-corrected chi connectivity index (χ2v) is 5.94. The Kier molecular flexibility index (Phi) is 5.21. The minimum Gasteiger partial charge on any atom is -0.476 e. The van der Waals surface area contributed by atoms with Gasteiger partial charge in [-0.3, -0.25) is 9.59 Å². The van der Waals surface area contributed by atoms with Gasteiger partial charge in [-0.05, 0) is 31.4 Å². The summed E-state index contributed by atoms with van der Waals surface area (Å²) in [6.45, 7) is 1.42. The zero-order valence-electron chi connectivity index (χ0n) is 14.0. The molecular weight excluding hydrogens is 336 g/mol. The Bertz CT molecular complexity index is 829. The minimum atomic E-state index is -1.22. The Morgan fingerprint density at radius 2 is 1.62 bits per heavy atom. The average Bonchev–Trinajstić information content (AvgIpc) is 2.68. The van der Waals surface area contributed by atoms with E-state index in [1.54, 1.807) is 29.2 Å². The third-order valence-electron chi connectivity index (χ3n) is 4.15. The minimum absolute atomic E-state index is 0.0322. The van der Waals surface area contributed by atoms with Crippen molar-refractivity contribution in [2.45, 2.75) is 19.3 Å². The van der Waals surface area contributed by atoms with Crippen molar-refractivity contribution in [3.8, 4) is 0 Å². The van der Waals surface area contributed by atoms with Crippen LogP contribution in [0.5, 0.6) is 0 Å². The van der Waals surface area contributed by atoms with Crippen LogP contribution in [0.4, 0.5) is 5.69 Å². The van der Waals surface area contributed by atoms with Crippen molar-refractivity contribution < 1.29 is 19.5 Å². The van der Waals surface area contributed by atoms with Crippen LogP contribution in [-0.4, -0.2) is 50.8 Å². The second kappa shape index (κ2) is 7.73. The number of anilines is 1. The highest BCUT2D eigenvalue weighted by molar-refractivity contribution is 6.08. The lowest BCUT2D eigenvalue weighted by atomic mass is 10.1. The number of amides is 2. The highest BCUT2D eigenvalue weighted by Crippen LogP contribution is 2.20. The van der Waals surface area contributed by atoms with Gasteiger partial charge in [0.05, 0.1) is 23.6 Å². The zero-order chi connectivity index (χ0) is 18.5. The lowest BCUT2D eigenvalue weighted by Crippen LogP contribution is -2.36. The maximum atomic E-state index is 12.7. The van der Waals surface area contributed by atoms with Gasteiger partial charge in [0.2, 0.25) is 0 Å². The number of rotatable bonds is 4. The van der Waals surface area contributed by atoms with Gasteiger partial charge in [0.25, 0.3) is 11.8 Å². The van der Waals surface area contributed by atoms with E-state index < -0.39 is 11.9 Å². The van der Waals surface area contributed by atoms with E-state index in [2.05, 4.69) is 15.3 Å². The molecule has 2 amide bonds. The van der Waals surface area contributed by atoms with Crippen LogP contribution in [0, 0.1) is 0 Å². The quantitative estimate of drug-likeness (QED) is 0.869. The molecule has 8 heteroatoms. The van der Waals surface area contributed by atoms with E-state index in [0.717, 1.165) is 31.7 Å². The number of nitrogens with one attached hydrogen (secondary N) is 1. The third kappa shape index (κ3) is 3.85. The fraction of sp³-hybridized carbons (Fsp3) is 0.278. The third-order valence-corrected chi connectivity index (χ3v) is 4.15. The monoisotopic (exact) mass is 354 g/mol. The zero-order valence-corrected chi connectivity index (χ0v) is 14.0. The smallest absolute Gasteiger partial charge is 0.356 e. The van der Waals surface area contributed by atoms with E-state index in [4.69, 9.17) is 5.11 Å². The number of aromatic carboxylic acids is 1. The Balaban J connectivity index is 1.78. The summed E-state index contributed by atoms with van der Waals surface area (Å²) in [6, 6.07) is 6.79. The van der Waals surface area contributed by atoms with E-state index in [1.807, 2.05) is 0 Å². The number of carbonyl (C=O) groups is 3. The molecule has 0 unspecified atom stereocenters. The standard InChI is InChI=1S/C18H18N4O4/c23-16(14-10-20-15(11-19-14)18(25)26)21-13-7-3-2-6-12(13)17(24)22-8-4-1-5-9-22/h2-3,6-7,10-11H,1,4-5,8-9H2,(H,21,23)(H,25,26). The number of aromatic nitrogens is 2. The number of benzene rings is 1. The van der Waals surface area contributed by atoms with Crippen molar-refractivity contribution in [1.29, 1.82) is 0 Å². The van der Waals surface area contributed by atoms with Crippen molar-refractivity contribution >= 4 is 23.5 Å². The van der Waals surface area contributed by atoms with E-state index in [0.29, 0.717) is 24.3 Å². The number of carbonyl (C=O) groups excluding carboxylic acids is 2. The molecule has 134 valence electrons. The molecule has 0 saturated carbocycles. The fourth-order valence-electron chi connectivity index (χ4n) is 2.79. The summed E-state index contributed by atoms with van der Waals surface area (Å²) in [4.78, 5) is 45.2. The molecule has 1 aromatic heterocycles. The maximum absolute atomic E-state index is 12.7. The number of para-hydroxylation sites is 1. The van der Waals surface area contributed by atoms with Crippen LogP contribution in [0.25, 0.3) is 0 Å². The molecule has 0 aliphatic carbocycles. The topological polar surface area (TPSA) is 112 Å². The van der Waals surface area contributed by atoms with Crippen LogP contribution >= 0.6 is 0 Å². The number of likely N-dealkylation sites (tertiary alicyclic amines) is 1. The number of nitrogens with zero attached hydrogens (tertiary/aromatic N) is 3. The summed E-state index contributed by atoms with van der Waals surface area (Å²) >= 11 is 0. The molecule has 1 saturated heterocycles. The predicted octanol–water partition coefficient (Wildman–Crippen LogP) is 2.05. The second-order valence-electron chi connectivity index (χ2n) is 5.94. The maximum Gasteiger partial charge on any atom is 0.356 e. The summed E-state index contributed by atoms with van der Waals surface area (Å²) in [6.07, 6.45) is 5.18. The first kappa shape index (κ1) is 17.5. The van der Waals surface area contributed by atoms with Crippen LogP contribution in [0.1, 0.15) is 50.6 Å². The molecule has 0 bridgehead atoms. The molecule has 0 radical (unpaired) electrons. The van der Waals surface area contributed by atoms with E-state index >= 15 is 0 Å². The first-order valence-electron chi connectivity index (χ1n) is 8.31. The number of carboxylic acids is 1. The van der Waals surface area contributed by atoms with Crippen molar-refractivity contribution in [1.82, 2.24) is 14.9 Å². The van der Waals surface area contributed by atoms with Gasteiger partial charge in [-0.25, -0.2) is 14.8 Å². The molecule has 1 fully saturated rings. The van der Waals surface area contributed by atoms with E-state index in [-0.39, 0.29) is 17.3 Å². The number of piperidine rings is 1. The Morgan fingerprint density at radius 1 is 0.962 bits per heavy atom. The van der Waals surface area contributed by atoms with Crippen LogP contribution in [-0.2, 0) is 0 Å². The normalized spacial score (nSPS) is 13.9. The summed E-state index contributed by atoms with van der Waals surface area (Å²) in [5, 5.41) is 11.5. The lowest BCUT2D eigenvalue weighted by molar-refractivity contribution is 0.0687. The van der Waals surface area contributed by atoms with Gasteiger partial charge in [0.1, 0.15) is 5.69 Å². The van der Waals surface area contributed by atoms with Crippen LogP contribution in [0.15, 0.2) is 36.7 Å². The Labute approximate surface area is 149 Å². The van der Waals surface area contributed by atoms with Gasteiger partial charge < -0.3 is 15.3 Å². The van der Waals surface area contributed by atoms with E-state index in [1.165, 1.54) is 0 Å². The summed E-state index contributed by atoms with van der Waals surface area (Å²) < 4.78 is 0. The SMILES string of the molecule is O=C(O)c1cnc(C(=O)Nc2ccccc2C(=O)N2CCCCC2)cn1. The molecule has 2 heterocycles. The van der Waals surface area contributed by atoms with Gasteiger partial charge in [0, 0.05) is 13.1 Å². The van der Waals surface area contributed by atoms with Crippen LogP contribution in [0.2, 0.25) is 0 Å². The molecule has 0 spiro atoms. The summed E-state index contributed by atoms with van der Waals surface area (Å²) in [5.74, 6) is -1.90. The molecular formula is C18H18N4O4. The highest BCUT2D eigenvalue weighted by Gasteiger charge is 2.21. The fourth-order valence-corrected chi connectivity index (χ4v) is 2.79. The number of hydrogen-bond acceptors (Lipinski definition) is 5.